The third kappa shape index (κ3) is 4.76. The van der Waals surface area contributed by atoms with Gasteiger partial charge >= 0.3 is 5.97 Å². The Morgan fingerprint density at radius 3 is 2.35 bits per heavy atom. The molecule has 0 bridgehead atoms. The Balaban J connectivity index is 1.66. The van der Waals surface area contributed by atoms with E-state index in [-0.39, 0.29) is 5.97 Å². The SMILES string of the molecule is Cc1ccc(OCCCC(=O)Oc2ccccc2)cc1. The Morgan fingerprint density at radius 1 is 0.950 bits per heavy atom. The van der Waals surface area contributed by atoms with E-state index in [0.717, 1.165) is 5.75 Å². The largest absolute Gasteiger partial charge is 0.494 e. The molecule has 0 saturated heterocycles. The lowest BCUT2D eigenvalue weighted by atomic mass is 10.2. The third-order valence-electron chi connectivity index (χ3n) is 2.79. The highest BCUT2D eigenvalue weighted by atomic mass is 16.5. The summed E-state index contributed by atoms with van der Waals surface area (Å²) in [5.74, 6) is 1.17. The maximum atomic E-state index is 11.6. The van der Waals surface area contributed by atoms with Crippen LogP contribution in [0.5, 0.6) is 11.5 Å². The van der Waals surface area contributed by atoms with E-state index in [4.69, 9.17) is 9.47 Å². The normalized spacial score (nSPS) is 10.1. The average molecular weight is 270 g/mol. The van der Waals surface area contributed by atoms with Gasteiger partial charge < -0.3 is 9.47 Å². The fourth-order valence-corrected chi connectivity index (χ4v) is 1.71. The highest BCUT2D eigenvalue weighted by molar-refractivity contribution is 5.72. The Labute approximate surface area is 119 Å². The molecule has 0 heterocycles. The number of rotatable bonds is 6. The minimum absolute atomic E-state index is 0.233. The van der Waals surface area contributed by atoms with Gasteiger partial charge in [0.2, 0.25) is 0 Å². The smallest absolute Gasteiger partial charge is 0.311 e. The van der Waals surface area contributed by atoms with Gasteiger partial charge in [0.1, 0.15) is 11.5 Å². The van der Waals surface area contributed by atoms with E-state index in [9.17, 15) is 4.79 Å². The van der Waals surface area contributed by atoms with Crippen LogP contribution in [0.4, 0.5) is 0 Å². The van der Waals surface area contributed by atoms with Crippen molar-refractivity contribution in [3.05, 3.63) is 60.2 Å². The fraction of sp³-hybridized carbons (Fsp3) is 0.235. The molecule has 0 unspecified atom stereocenters. The summed E-state index contributed by atoms with van der Waals surface area (Å²) in [6.07, 6.45) is 0.986. The molecule has 2 aromatic rings. The van der Waals surface area contributed by atoms with Gasteiger partial charge in [-0.25, -0.2) is 0 Å². The molecule has 0 aliphatic carbocycles. The Morgan fingerprint density at radius 2 is 1.65 bits per heavy atom. The van der Waals surface area contributed by atoms with E-state index in [2.05, 4.69) is 0 Å². The van der Waals surface area contributed by atoms with Crippen LogP contribution in [0, 0.1) is 6.92 Å². The van der Waals surface area contributed by atoms with Crippen molar-refractivity contribution in [3.63, 3.8) is 0 Å². The number of carbonyl (C=O) groups is 1. The van der Waals surface area contributed by atoms with Crippen molar-refractivity contribution in [2.24, 2.45) is 0 Å². The molecule has 3 heteroatoms. The number of hydrogen-bond donors (Lipinski definition) is 0. The van der Waals surface area contributed by atoms with Crippen molar-refractivity contribution in [2.45, 2.75) is 19.8 Å². The molecule has 20 heavy (non-hydrogen) atoms. The summed E-state index contributed by atoms with van der Waals surface area (Å²) >= 11 is 0. The molecule has 2 rings (SSSR count). The number of hydrogen-bond acceptors (Lipinski definition) is 3. The molecule has 0 aromatic heterocycles. The zero-order valence-electron chi connectivity index (χ0n) is 11.5. The molecule has 0 aliphatic heterocycles. The predicted octanol–water partition coefficient (Wildman–Crippen LogP) is 3.76. The lowest BCUT2D eigenvalue weighted by Crippen LogP contribution is -2.09. The van der Waals surface area contributed by atoms with Crippen molar-refractivity contribution in [3.8, 4) is 11.5 Å². The van der Waals surface area contributed by atoms with Crippen LogP contribution in [0.1, 0.15) is 18.4 Å². The van der Waals surface area contributed by atoms with E-state index >= 15 is 0 Å². The van der Waals surface area contributed by atoms with Gasteiger partial charge in [-0.2, -0.15) is 0 Å². The van der Waals surface area contributed by atoms with Crippen molar-refractivity contribution in [2.75, 3.05) is 6.61 Å². The maximum Gasteiger partial charge on any atom is 0.311 e. The maximum absolute atomic E-state index is 11.6. The highest BCUT2D eigenvalue weighted by Gasteiger charge is 2.04. The van der Waals surface area contributed by atoms with E-state index in [1.807, 2.05) is 49.4 Å². The summed E-state index contributed by atoms with van der Waals surface area (Å²) in [6, 6.07) is 16.9. The van der Waals surface area contributed by atoms with Crippen molar-refractivity contribution in [1.82, 2.24) is 0 Å². The third-order valence-corrected chi connectivity index (χ3v) is 2.79. The summed E-state index contributed by atoms with van der Waals surface area (Å²) in [5, 5.41) is 0. The fourth-order valence-electron chi connectivity index (χ4n) is 1.71. The lowest BCUT2D eigenvalue weighted by molar-refractivity contribution is -0.134. The topological polar surface area (TPSA) is 35.5 Å². The minimum atomic E-state index is -0.233. The molecule has 0 fully saturated rings. The molecule has 0 atom stereocenters. The second-order valence-electron chi connectivity index (χ2n) is 4.55. The highest BCUT2D eigenvalue weighted by Crippen LogP contribution is 2.12. The van der Waals surface area contributed by atoms with Crippen LogP contribution < -0.4 is 9.47 Å². The van der Waals surface area contributed by atoms with Crippen LogP contribution in [0.2, 0.25) is 0 Å². The van der Waals surface area contributed by atoms with Crippen LogP contribution in [-0.4, -0.2) is 12.6 Å². The molecule has 2 aromatic carbocycles. The second kappa shape index (κ2) is 7.34. The van der Waals surface area contributed by atoms with Crippen LogP contribution in [0.25, 0.3) is 0 Å². The minimum Gasteiger partial charge on any atom is -0.494 e. The van der Waals surface area contributed by atoms with Crippen LogP contribution in [0.3, 0.4) is 0 Å². The van der Waals surface area contributed by atoms with Crippen molar-refractivity contribution >= 4 is 5.97 Å². The van der Waals surface area contributed by atoms with Gasteiger partial charge in [0.25, 0.3) is 0 Å². The Hall–Kier alpha value is -2.29. The molecule has 3 nitrogen and oxygen atoms in total. The Kier molecular flexibility index (Phi) is 5.18. The van der Waals surface area contributed by atoms with Gasteiger partial charge in [-0.05, 0) is 37.6 Å². The number of carbonyl (C=O) groups excluding carboxylic acids is 1. The standard InChI is InChI=1S/C17H18O3/c1-14-9-11-15(12-10-14)19-13-5-8-17(18)20-16-6-3-2-4-7-16/h2-4,6-7,9-12H,5,8,13H2,1H3. The van der Waals surface area contributed by atoms with Gasteiger partial charge in [-0.1, -0.05) is 35.9 Å². The van der Waals surface area contributed by atoms with Crippen molar-refractivity contribution in [1.29, 1.82) is 0 Å². The van der Waals surface area contributed by atoms with Crippen LogP contribution in [0.15, 0.2) is 54.6 Å². The summed E-state index contributed by atoms with van der Waals surface area (Å²) < 4.78 is 10.7. The Bertz CT molecular complexity index is 532. The molecular weight excluding hydrogens is 252 g/mol. The molecule has 0 saturated carbocycles. The van der Waals surface area contributed by atoms with Gasteiger partial charge in [-0.3, -0.25) is 4.79 Å². The van der Waals surface area contributed by atoms with E-state index in [1.165, 1.54) is 5.56 Å². The van der Waals surface area contributed by atoms with Gasteiger partial charge in [-0.15, -0.1) is 0 Å². The first-order chi connectivity index (χ1) is 9.74. The molecule has 104 valence electrons. The first kappa shape index (κ1) is 14.1. The van der Waals surface area contributed by atoms with E-state index in [1.54, 1.807) is 12.1 Å². The summed E-state index contributed by atoms with van der Waals surface area (Å²) in [4.78, 5) is 11.6. The van der Waals surface area contributed by atoms with Gasteiger partial charge in [0.15, 0.2) is 0 Å². The van der Waals surface area contributed by atoms with Crippen molar-refractivity contribution < 1.29 is 14.3 Å². The molecule has 0 spiro atoms. The number of esters is 1. The lowest BCUT2D eigenvalue weighted by Gasteiger charge is -2.06. The summed E-state index contributed by atoms with van der Waals surface area (Å²) in [5.41, 5.74) is 1.20. The quantitative estimate of drug-likeness (QED) is 0.455. The summed E-state index contributed by atoms with van der Waals surface area (Å²) in [6.45, 7) is 2.54. The van der Waals surface area contributed by atoms with E-state index in [0.29, 0.717) is 25.2 Å². The summed E-state index contributed by atoms with van der Waals surface area (Å²) in [7, 11) is 0. The molecular formula is C17H18O3. The molecule has 0 N–H and O–H groups in total. The zero-order chi connectivity index (χ0) is 14.2. The van der Waals surface area contributed by atoms with Crippen LogP contribution in [-0.2, 0) is 4.79 Å². The first-order valence-electron chi connectivity index (χ1n) is 6.69. The van der Waals surface area contributed by atoms with Gasteiger partial charge in [0.05, 0.1) is 6.61 Å². The molecule has 0 amide bonds. The molecule has 0 aliphatic rings. The number of para-hydroxylation sites is 1. The number of aryl methyl sites for hydroxylation is 1. The first-order valence-corrected chi connectivity index (χ1v) is 6.69. The number of ether oxygens (including phenoxy) is 2. The monoisotopic (exact) mass is 270 g/mol. The van der Waals surface area contributed by atoms with Gasteiger partial charge in [0, 0.05) is 6.42 Å². The average Bonchev–Trinajstić information content (AvgIpc) is 2.46. The van der Waals surface area contributed by atoms with E-state index < -0.39 is 0 Å². The molecule has 0 radical (unpaired) electrons. The second-order valence-corrected chi connectivity index (χ2v) is 4.55. The zero-order valence-corrected chi connectivity index (χ0v) is 11.5. The van der Waals surface area contributed by atoms with Crippen LogP contribution >= 0.6 is 0 Å². The predicted molar refractivity (Wildman–Crippen MR) is 78.0 cm³/mol. The number of benzene rings is 2.